The Morgan fingerprint density at radius 3 is 2.86 bits per heavy atom. The highest BCUT2D eigenvalue weighted by molar-refractivity contribution is 5.79. The molecule has 1 rings (SSSR count). The van der Waals surface area contributed by atoms with Gasteiger partial charge in [-0.25, -0.2) is 0 Å². The van der Waals surface area contributed by atoms with Crippen LogP contribution in [0.4, 0.5) is 0 Å². The molecule has 4 nitrogen and oxygen atoms in total. The van der Waals surface area contributed by atoms with Crippen molar-refractivity contribution in [1.29, 1.82) is 0 Å². The van der Waals surface area contributed by atoms with Gasteiger partial charge in [-0.2, -0.15) is 0 Å². The van der Waals surface area contributed by atoms with Crippen molar-refractivity contribution < 1.29 is 9.53 Å². The number of hydrogen-bond acceptors (Lipinski definition) is 3. The first-order chi connectivity index (χ1) is 6.55. The average Bonchev–Trinajstić information content (AvgIpc) is 2.53. The Balaban J connectivity index is 2.38. The molecule has 1 aliphatic heterocycles. The molecule has 1 fully saturated rings. The molecule has 2 N–H and O–H groups in total. The van der Waals surface area contributed by atoms with Crippen molar-refractivity contribution in [2.75, 3.05) is 26.8 Å². The molecule has 1 amide bonds. The number of carbonyl (C=O) groups is 1. The van der Waals surface area contributed by atoms with Gasteiger partial charge in [-0.3, -0.25) is 4.79 Å². The van der Waals surface area contributed by atoms with Crippen LogP contribution in [-0.4, -0.2) is 38.3 Å². The van der Waals surface area contributed by atoms with E-state index in [0.29, 0.717) is 6.61 Å². The van der Waals surface area contributed by atoms with Crippen molar-refractivity contribution >= 4 is 5.91 Å². The summed E-state index contributed by atoms with van der Waals surface area (Å²) >= 11 is 0. The quantitative estimate of drug-likeness (QED) is 0.678. The first-order valence-corrected chi connectivity index (χ1v) is 5.07. The van der Waals surface area contributed by atoms with E-state index in [1.54, 1.807) is 7.11 Å². The van der Waals surface area contributed by atoms with Gasteiger partial charge >= 0.3 is 0 Å². The lowest BCUT2D eigenvalue weighted by Gasteiger charge is -2.26. The van der Waals surface area contributed by atoms with Gasteiger partial charge < -0.3 is 15.4 Å². The minimum Gasteiger partial charge on any atom is -0.382 e. The molecule has 0 unspecified atom stereocenters. The molecule has 0 aromatic heterocycles. The fourth-order valence-electron chi connectivity index (χ4n) is 1.71. The Morgan fingerprint density at radius 1 is 1.64 bits per heavy atom. The molecule has 0 aromatic rings. The van der Waals surface area contributed by atoms with E-state index in [9.17, 15) is 4.79 Å². The number of methoxy groups -OCH3 is 1. The third kappa shape index (κ3) is 3.27. The number of carbonyl (C=O) groups excluding carboxylic acids is 1. The van der Waals surface area contributed by atoms with Crippen molar-refractivity contribution in [1.82, 2.24) is 10.6 Å². The third-order valence-electron chi connectivity index (χ3n) is 2.40. The number of ether oxygens (including phenoxy) is 1. The van der Waals surface area contributed by atoms with Crippen molar-refractivity contribution in [2.24, 2.45) is 5.92 Å². The van der Waals surface area contributed by atoms with E-state index in [0.717, 1.165) is 19.5 Å². The zero-order chi connectivity index (χ0) is 10.6. The fourth-order valence-corrected chi connectivity index (χ4v) is 1.71. The summed E-state index contributed by atoms with van der Waals surface area (Å²) in [5.74, 6) is 0.267. The second-order valence-electron chi connectivity index (χ2n) is 4.50. The Hall–Kier alpha value is -0.610. The molecular formula is C10H20N2O2. The van der Waals surface area contributed by atoms with Gasteiger partial charge in [0.1, 0.15) is 0 Å². The number of rotatable bonds is 4. The van der Waals surface area contributed by atoms with Crippen molar-refractivity contribution in [2.45, 2.75) is 25.8 Å². The SMILES string of the molecule is COCC(C)(C)NC(=O)[C@@H]1CCNC1. The summed E-state index contributed by atoms with van der Waals surface area (Å²) in [5, 5.41) is 6.17. The maximum atomic E-state index is 11.7. The van der Waals surface area contributed by atoms with Crippen LogP contribution in [0.5, 0.6) is 0 Å². The molecule has 1 atom stereocenters. The van der Waals surface area contributed by atoms with Crippen LogP contribution in [0, 0.1) is 5.92 Å². The molecule has 4 heteroatoms. The van der Waals surface area contributed by atoms with E-state index in [4.69, 9.17) is 4.74 Å². The van der Waals surface area contributed by atoms with Crippen LogP contribution in [0.3, 0.4) is 0 Å². The Kier molecular flexibility index (Phi) is 3.89. The molecule has 0 saturated carbocycles. The van der Waals surface area contributed by atoms with Crippen LogP contribution in [0.1, 0.15) is 20.3 Å². The number of nitrogens with one attached hydrogen (secondary N) is 2. The number of hydrogen-bond donors (Lipinski definition) is 2. The standard InChI is InChI=1S/C10H20N2O2/c1-10(2,7-14-3)12-9(13)8-4-5-11-6-8/h8,11H,4-7H2,1-3H3,(H,12,13)/t8-/m1/s1. The Morgan fingerprint density at radius 2 is 2.36 bits per heavy atom. The van der Waals surface area contributed by atoms with Crippen LogP contribution < -0.4 is 10.6 Å². The summed E-state index contributed by atoms with van der Waals surface area (Å²) in [7, 11) is 1.64. The molecular weight excluding hydrogens is 180 g/mol. The second kappa shape index (κ2) is 4.75. The van der Waals surface area contributed by atoms with Crippen LogP contribution in [0.2, 0.25) is 0 Å². The van der Waals surface area contributed by atoms with Gasteiger partial charge in [-0.05, 0) is 26.8 Å². The molecule has 0 aliphatic carbocycles. The van der Waals surface area contributed by atoms with Gasteiger partial charge in [0.05, 0.1) is 18.1 Å². The van der Waals surface area contributed by atoms with Gasteiger partial charge in [0.25, 0.3) is 0 Å². The molecule has 1 saturated heterocycles. The predicted molar refractivity (Wildman–Crippen MR) is 55.1 cm³/mol. The summed E-state index contributed by atoms with van der Waals surface area (Å²) < 4.78 is 5.04. The van der Waals surface area contributed by atoms with E-state index in [-0.39, 0.29) is 17.4 Å². The molecule has 0 radical (unpaired) electrons. The van der Waals surface area contributed by atoms with Gasteiger partial charge in [-0.1, -0.05) is 0 Å². The van der Waals surface area contributed by atoms with Gasteiger partial charge in [0.15, 0.2) is 0 Å². The summed E-state index contributed by atoms with van der Waals surface area (Å²) in [5.41, 5.74) is -0.269. The summed E-state index contributed by atoms with van der Waals surface area (Å²) in [6, 6.07) is 0. The Labute approximate surface area is 85.4 Å². The van der Waals surface area contributed by atoms with Crippen LogP contribution in [0.25, 0.3) is 0 Å². The zero-order valence-electron chi connectivity index (χ0n) is 9.22. The Bertz CT molecular complexity index is 198. The number of amides is 1. The summed E-state index contributed by atoms with van der Waals surface area (Å²) in [4.78, 5) is 11.7. The van der Waals surface area contributed by atoms with Crippen molar-refractivity contribution in [3.63, 3.8) is 0 Å². The second-order valence-corrected chi connectivity index (χ2v) is 4.50. The lowest BCUT2D eigenvalue weighted by Crippen LogP contribution is -2.49. The van der Waals surface area contributed by atoms with Crippen LogP contribution >= 0.6 is 0 Å². The fraction of sp³-hybridized carbons (Fsp3) is 0.900. The molecule has 0 bridgehead atoms. The average molecular weight is 200 g/mol. The molecule has 0 aromatic carbocycles. The minimum atomic E-state index is -0.269. The third-order valence-corrected chi connectivity index (χ3v) is 2.40. The van der Waals surface area contributed by atoms with E-state index < -0.39 is 0 Å². The van der Waals surface area contributed by atoms with E-state index in [2.05, 4.69) is 10.6 Å². The summed E-state index contributed by atoms with van der Waals surface area (Å²) in [6.45, 7) is 6.23. The lowest BCUT2D eigenvalue weighted by molar-refractivity contribution is -0.126. The van der Waals surface area contributed by atoms with E-state index >= 15 is 0 Å². The lowest BCUT2D eigenvalue weighted by atomic mass is 10.0. The summed E-state index contributed by atoms with van der Waals surface area (Å²) in [6.07, 6.45) is 0.939. The van der Waals surface area contributed by atoms with Gasteiger partial charge in [0.2, 0.25) is 5.91 Å². The maximum absolute atomic E-state index is 11.7. The van der Waals surface area contributed by atoms with Crippen molar-refractivity contribution in [3.8, 4) is 0 Å². The molecule has 1 heterocycles. The highest BCUT2D eigenvalue weighted by Crippen LogP contribution is 2.10. The smallest absolute Gasteiger partial charge is 0.224 e. The monoisotopic (exact) mass is 200 g/mol. The highest BCUT2D eigenvalue weighted by Gasteiger charge is 2.27. The first kappa shape index (κ1) is 11.5. The molecule has 14 heavy (non-hydrogen) atoms. The molecule has 82 valence electrons. The van der Waals surface area contributed by atoms with E-state index in [1.165, 1.54) is 0 Å². The van der Waals surface area contributed by atoms with Crippen LogP contribution in [0.15, 0.2) is 0 Å². The predicted octanol–water partition coefficient (Wildman–Crippen LogP) is 0.137. The van der Waals surface area contributed by atoms with E-state index in [1.807, 2.05) is 13.8 Å². The van der Waals surface area contributed by atoms with Gasteiger partial charge in [-0.15, -0.1) is 0 Å². The van der Waals surface area contributed by atoms with Crippen molar-refractivity contribution in [3.05, 3.63) is 0 Å². The highest BCUT2D eigenvalue weighted by atomic mass is 16.5. The first-order valence-electron chi connectivity index (χ1n) is 5.07. The maximum Gasteiger partial charge on any atom is 0.224 e. The normalized spacial score (nSPS) is 22.4. The largest absolute Gasteiger partial charge is 0.382 e. The molecule has 0 spiro atoms. The van der Waals surface area contributed by atoms with Crippen LogP contribution in [-0.2, 0) is 9.53 Å². The topological polar surface area (TPSA) is 50.4 Å². The minimum absolute atomic E-state index is 0.131. The zero-order valence-corrected chi connectivity index (χ0v) is 9.22. The molecule has 1 aliphatic rings. The van der Waals surface area contributed by atoms with Gasteiger partial charge in [0, 0.05) is 13.7 Å².